The van der Waals surface area contributed by atoms with Gasteiger partial charge in [0.15, 0.2) is 17.5 Å². The normalized spacial score (nSPS) is 12.1. The van der Waals surface area contributed by atoms with Gasteiger partial charge < -0.3 is 8.98 Å². The van der Waals surface area contributed by atoms with Crippen LogP contribution in [0, 0.1) is 0 Å². The quantitative estimate of drug-likeness (QED) is 0.165. The Labute approximate surface area is 388 Å². The maximum Gasteiger partial charge on any atom is 0.167 e. The third-order valence-electron chi connectivity index (χ3n) is 14.1. The minimum atomic E-state index is 0.548. The molecule has 0 aliphatic carbocycles. The van der Waals surface area contributed by atoms with Gasteiger partial charge in [-0.3, -0.25) is 0 Å². The summed E-state index contributed by atoms with van der Waals surface area (Å²) in [6.45, 7) is 0. The summed E-state index contributed by atoms with van der Waals surface area (Å²) in [6.07, 6.45) is 0. The van der Waals surface area contributed by atoms with Gasteiger partial charge in [-0.2, -0.15) is 0 Å². The summed E-state index contributed by atoms with van der Waals surface area (Å²) in [4.78, 5) is 16.1. The molecule has 68 heavy (non-hydrogen) atoms. The van der Waals surface area contributed by atoms with E-state index in [0.717, 1.165) is 82.0 Å². The highest BCUT2D eigenvalue weighted by Gasteiger charge is 2.23. The van der Waals surface area contributed by atoms with Crippen LogP contribution in [0.4, 0.5) is 0 Å². The van der Waals surface area contributed by atoms with Crippen LogP contribution >= 0.6 is 0 Å². The van der Waals surface area contributed by atoms with Crippen molar-refractivity contribution < 1.29 is 4.42 Å². The largest absolute Gasteiger partial charge is 0.455 e. The third-order valence-corrected chi connectivity index (χ3v) is 14.1. The number of furan rings is 1. The molecular weight excluding hydrogens is 829 g/mol. The first-order valence-electron chi connectivity index (χ1n) is 23.1. The van der Waals surface area contributed by atoms with Gasteiger partial charge in [-0.15, -0.1) is 0 Å². The van der Waals surface area contributed by atoms with Crippen LogP contribution in [0.1, 0.15) is 0 Å². The molecule has 0 saturated heterocycles. The van der Waals surface area contributed by atoms with Crippen LogP contribution in [0.25, 0.3) is 148 Å². The second-order valence-electron chi connectivity index (χ2n) is 18.0. The van der Waals surface area contributed by atoms with Gasteiger partial charge in [0.25, 0.3) is 0 Å². The molecule has 3 heterocycles. The summed E-state index contributed by atoms with van der Waals surface area (Å²) in [5.74, 6) is 1.75. The van der Waals surface area contributed by atoms with Crippen molar-refractivity contribution in [3.8, 4) is 39.9 Å². The Hall–Kier alpha value is -9.19. The molecule has 15 aromatic rings. The Bertz CT molecular complexity index is 4540. The first-order valence-corrected chi connectivity index (χ1v) is 23.1. The molecule has 0 bridgehead atoms. The van der Waals surface area contributed by atoms with Gasteiger partial charge in [-0.25, -0.2) is 15.0 Å². The van der Waals surface area contributed by atoms with Crippen LogP contribution < -0.4 is 0 Å². The maximum absolute atomic E-state index is 6.98. The van der Waals surface area contributed by atoms with E-state index in [9.17, 15) is 0 Å². The highest BCUT2D eigenvalue weighted by Crippen LogP contribution is 2.44. The molecule has 0 fully saturated rings. The van der Waals surface area contributed by atoms with Crippen LogP contribution in [0.5, 0.6) is 0 Å². The monoisotopic (exact) mass is 864 g/mol. The third kappa shape index (κ3) is 5.53. The zero-order valence-electron chi connectivity index (χ0n) is 36.5. The molecule has 3 aromatic heterocycles. The zero-order chi connectivity index (χ0) is 44.5. The number of benzene rings is 12. The van der Waals surface area contributed by atoms with E-state index >= 15 is 0 Å². The molecule has 0 aliphatic rings. The lowest BCUT2D eigenvalue weighted by atomic mass is 9.96. The topological polar surface area (TPSA) is 56.7 Å². The van der Waals surface area contributed by atoms with Crippen molar-refractivity contribution in [1.29, 1.82) is 0 Å². The predicted octanol–water partition coefficient (Wildman–Crippen LogP) is 16.8. The maximum atomic E-state index is 6.98. The van der Waals surface area contributed by atoms with E-state index in [1.54, 1.807) is 0 Å². The number of para-hydroxylation sites is 1. The Kier molecular flexibility index (Phi) is 7.72. The fraction of sp³-hybridized carbons (Fsp3) is 0. The van der Waals surface area contributed by atoms with Gasteiger partial charge in [-0.1, -0.05) is 158 Å². The van der Waals surface area contributed by atoms with Crippen molar-refractivity contribution >= 4 is 108 Å². The molecule has 15 rings (SSSR count). The molecule has 0 unspecified atom stereocenters. The minimum absolute atomic E-state index is 0.548. The second-order valence-corrected chi connectivity index (χ2v) is 18.0. The van der Waals surface area contributed by atoms with E-state index in [1.807, 2.05) is 6.07 Å². The van der Waals surface area contributed by atoms with Gasteiger partial charge in [0.05, 0.1) is 16.6 Å². The fourth-order valence-electron chi connectivity index (χ4n) is 10.9. The summed E-state index contributed by atoms with van der Waals surface area (Å²) >= 11 is 0. The molecule has 0 saturated carbocycles. The van der Waals surface area contributed by atoms with Gasteiger partial charge in [0.2, 0.25) is 0 Å². The van der Waals surface area contributed by atoms with Crippen molar-refractivity contribution in [2.45, 2.75) is 0 Å². The Morgan fingerprint density at radius 2 is 0.809 bits per heavy atom. The number of nitrogens with zero attached hydrogens (tertiary/aromatic N) is 4. The number of aromatic nitrogens is 4. The van der Waals surface area contributed by atoms with Crippen LogP contribution in [-0.2, 0) is 0 Å². The SMILES string of the molecule is c1ccc2cc(-c3nc(-c4cc5ccccc5c5ccccc45)nc(-c4cc5ccc(-n6c7cc8ccccc8cc7c7cc8ccccc8cc76)cc5c5c4oc4ccccc45)n3)ccc2c1. The fourth-order valence-corrected chi connectivity index (χ4v) is 10.9. The van der Waals surface area contributed by atoms with Gasteiger partial charge in [-0.05, 0) is 125 Å². The van der Waals surface area contributed by atoms with E-state index in [4.69, 9.17) is 19.4 Å². The lowest BCUT2D eigenvalue weighted by Gasteiger charge is -2.14. The smallest absolute Gasteiger partial charge is 0.167 e. The summed E-state index contributed by atoms with van der Waals surface area (Å²) in [6, 6.07) is 78.2. The first kappa shape index (κ1) is 37.1. The Morgan fingerprint density at radius 3 is 1.51 bits per heavy atom. The molecule has 0 amide bonds. The van der Waals surface area contributed by atoms with E-state index in [-0.39, 0.29) is 0 Å². The van der Waals surface area contributed by atoms with Crippen LogP contribution in [0.15, 0.2) is 223 Å². The molecule has 0 spiro atoms. The lowest BCUT2D eigenvalue weighted by molar-refractivity contribution is 0.670. The van der Waals surface area contributed by atoms with E-state index < -0.39 is 0 Å². The Balaban J connectivity index is 1.01. The molecule has 0 radical (unpaired) electrons. The molecule has 0 atom stereocenters. The number of fused-ring (bicyclic) bond motifs is 14. The molecule has 5 heteroatoms. The summed E-state index contributed by atoms with van der Waals surface area (Å²) in [7, 11) is 0. The highest BCUT2D eigenvalue weighted by atomic mass is 16.3. The van der Waals surface area contributed by atoms with Gasteiger partial charge >= 0.3 is 0 Å². The lowest BCUT2D eigenvalue weighted by Crippen LogP contribution is -2.01. The molecule has 314 valence electrons. The van der Waals surface area contributed by atoms with Crippen molar-refractivity contribution in [3.63, 3.8) is 0 Å². The van der Waals surface area contributed by atoms with Gasteiger partial charge in [0.1, 0.15) is 11.2 Å². The van der Waals surface area contributed by atoms with Crippen LogP contribution in [0.2, 0.25) is 0 Å². The number of rotatable bonds is 4. The zero-order valence-corrected chi connectivity index (χ0v) is 36.5. The van der Waals surface area contributed by atoms with Crippen molar-refractivity contribution in [1.82, 2.24) is 19.5 Å². The van der Waals surface area contributed by atoms with Crippen LogP contribution in [0.3, 0.4) is 0 Å². The predicted molar refractivity (Wildman–Crippen MR) is 283 cm³/mol. The summed E-state index contributed by atoms with van der Waals surface area (Å²) in [5.41, 5.74) is 7.62. The molecular formula is C63H36N4O. The summed E-state index contributed by atoms with van der Waals surface area (Å²) < 4.78 is 9.42. The van der Waals surface area contributed by atoms with Crippen molar-refractivity contribution in [3.05, 3.63) is 218 Å². The van der Waals surface area contributed by atoms with Crippen molar-refractivity contribution in [2.75, 3.05) is 0 Å². The summed E-state index contributed by atoms with van der Waals surface area (Å²) in [5, 5.41) is 18.4. The van der Waals surface area contributed by atoms with E-state index in [1.165, 1.54) is 48.7 Å². The molecule has 5 nitrogen and oxygen atoms in total. The molecule has 0 N–H and O–H groups in total. The highest BCUT2D eigenvalue weighted by molar-refractivity contribution is 6.23. The van der Waals surface area contributed by atoms with Crippen molar-refractivity contribution in [2.24, 2.45) is 0 Å². The number of hydrogen-bond acceptors (Lipinski definition) is 4. The van der Waals surface area contributed by atoms with E-state index in [2.05, 4.69) is 217 Å². The standard InChI is InChI=1S/C63H36N4O/c1-2-14-38-29-45(26-25-37(38)13-1)61-64-62(54-32-43-19-7-8-20-47(43)48-21-9-10-22-49(48)54)66-63(65-61)55-33-44-27-28-46(36-51(44)59-50-23-11-12-24-58(50)68-60(55)59)67-56-34-41-17-5-3-15-39(41)30-52(56)53-31-40-16-4-6-18-42(40)35-57(53)67/h1-36H. The average Bonchev–Trinajstić information content (AvgIpc) is 3.94. The minimum Gasteiger partial charge on any atom is -0.455 e. The van der Waals surface area contributed by atoms with E-state index in [0.29, 0.717) is 17.5 Å². The molecule has 12 aromatic carbocycles. The Morgan fingerprint density at radius 1 is 0.309 bits per heavy atom. The van der Waals surface area contributed by atoms with Gasteiger partial charge in [0, 0.05) is 38.4 Å². The average molecular weight is 865 g/mol. The second kappa shape index (κ2) is 14.2. The number of hydrogen-bond donors (Lipinski definition) is 0. The van der Waals surface area contributed by atoms with Crippen LogP contribution in [-0.4, -0.2) is 19.5 Å². The molecule has 0 aliphatic heterocycles. The first-order chi connectivity index (χ1) is 33.7.